The van der Waals surface area contributed by atoms with E-state index in [9.17, 15) is 20.1 Å². The van der Waals surface area contributed by atoms with Crippen molar-refractivity contribution in [1.29, 1.82) is 0 Å². The SMILES string of the molecule is C[N+](=C1C=C/C(=C2\C(=O)C(c3ccc(Nc4cccc5ccccc45)cc3O)=C2O)C(O)=C1)c1cccc2ccccc12. The number of allylic oxidation sites excluding steroid dienone is 5. The molecule has 43 heavy (non-hydrogen) atoms. The summed E-state index contributed by atoms with van der Waals surface area (Å²) in [6, 6.07) is 32.9. The third-order valence-corrected chi connectivity index (χ3v) is 8.03. The summed E-state index contributed by atoms with van der Waals surface area (Å²) >= 11 is 0. The Morgan fingerprint density at radius 3 is 2.09 bits per heavy atom. The predicted octanol–water partition coefficient (Wildman–Crippen LogP) is 8.02. The fourth-order valence-corrected chi connectivity index (χ4v) is 5.79. The number of Topliss-reactive ketones (excluding diaryl/α,β-unsaturated/α-hetero) is 1. The van der Waals surface area contributed by atoms with E-state index in [-0.39, 0.29) is 39.6 Å². The van der Waals surface area contributed by atoms with Gasteiger partial charge in [-0.15, -0.1) is 0 Å². The number of aliphatic hydroxyl groups is 2. The summed E-state index contributed by atoms with van der Waals surface area (Å²) in [6.07, 6.45) is 5.01. The highest BCUT2D eigenvalue weighted by Crippen LogP contribution is 2.43. The molecule has 0 saturated carbocycles. The highest BCUT2D eigenvalue weighted by atomic mass is 16.3. The van der Waals surface area contributed by atoms with Gasteiger partial charge in [-0.2, -0.15) is 4.58 Å². The second-order valence-electron chi connectivity index (χ2n) is 10.6. The van der Waals surface area contributed by atoms with Crippen molar-refractivity contribution in [2.75, 3.05) is 12.4 Å². The molecule has 0 spiro atoms. The van der Waals surface area contributed by atoms with Crippen LogP contribution in [0.3, 0.4) is 0 Å². The van der Waals surface area contributed by atoms with Gasteiger partial charge in [0, 0.05) is 46.1 Å². The van der Waals surface area contributed by atoms with E-state index in [1.165, 1.54) is 6.07 Å². The van der Waals surface area contributed by atoms with Gasteiger partial charge in [-0.1, -0.05) is 66.7 Å². The van der Waals surface area contributed by atoms with Crippen molar-refractivity contribution in [2.24, 2.45) is 0 Å². The standard InChI is InChI=1S/C37H26N2O4/c1-39(31-15-7-11-23-9-3-5-13-27(23)31)25-17-19-29(33(41)21-25)35-36(42)34(37(35)43)28-18-16-24(20-32(28)40)38-30-14-6-10-22-8-2-4-12-26(22)30/h2-21H,1H3,(H3,38,40,41,42,43)/p+1. The zero-order chi connectivity index (χ0) is 29.7. The van der Waals surface area contributed by atoms with E-state index in [1.54, 1.807) is 30.4 Å². The molecule has 0 amide bonds. The van der Waals surface area contributed by atoms with E-state index >= 15 is 0 Å². The molecule has 5 aromatic rings. The summed E-state index contributed by atoms with van der Waals surface area (Å²) in [7, 11) is 1.91. The molecule has 2 aliphatic rings. The second-order valence-corrected chi connectivity index (χ2v) is 10.6. The normalized spacial score (nSPS) is 17.7. The molecule has 2 aliphatic carbocycles. The Morgan fingerprint density at radius 1 is 0.698 bits per heavy atom. The average molecular weight is 564 g/mol. The number of aromatic hydroxyl groups is 1. The Balaban J connectivity index is 1.19. The molecule has 0 saturated heterocycles. The monoisotopic (exact) mass is 563 g/mol. The van der Waals surface area contributed by atoms with Gasteiger partial charge in [-0.05, 0) is 41.1 Å². The third kappa shape index (κ3) is 4.37. The number of carbonyl (C=O) groups excluding carboxylic acids is 1. The highest BCUT2D eigenvalue weighted by molar-refractivity contribution is 6.40. The van der Waals surface area contributed by atoms with Crippen LogP contribution in [0.4, 0.5) is 17.1 Å². The predicted molar refractivity (Wildman–Crippen MR) is 172 cm³/mol. The maximum atomic E-state index is 13.3. The molecule has 0 aromatic heterocycles. The van der Waals surface area contributed by atoms with Crippen LogP contribution in [-0.2, 0) is 4.79 Å². The van der Waals surface area contributed by atoms with Crippen LogP contribution in [0.2, 0.25) is 0 Å². The number of fused-ring (bicyclic) bond motifs is 2. The Labute approximate surface area is 247 Å². The first kappa shape index (κ1) is 26.0. The minimum absolute atomic E-state index is 0.0144. The summed E-state index contributed by atoms with van der Waals surface area (Å²) in [5.74, 6) is -0.985. The van der Waals surface area contributed by atoms with Crippen molar-refractivity contribution < 1.29 is 24.7 Å². The zero-order valence-corrected chi connectivity index (χ0v) is 23.2. The first-order valence-corrected chi connectivity index (χ1v) is 13.9. The number of nitrogens with zero attached hydrogens (tertiary/aromatic N) is 1. The summed E-state index contributed by atoms with van der Waals surface area (Å²) in [4.78, 5) is 13.3. The van der Waals surface area contributed by atoms with Crippen LogP contribution in [0.15, 0.2) is 144 Å². The van der Waals surface area contributed by atoms with Gasteiger partial charge in [-0.25, -0.2) is 0 Å². The van der Waals surface area contributed by atoms with Gasteiger partial charge in [0.25, 0.3) is 0 Å². The van der Waals surface area contributed by atoms with Crippen molar-refractivity contribution in [3.8, 4) is 5.75 Å². The number of ketones is 1. The molecule has 0 aliphatic heterocycles. The van der Waals surface area contributed by atoms with Crippen LogP contribution in [-0.4, -0.2) is 38.4 Å². The molecule has 0 radical (unpaired) electrons. The molecule has 6 nitrogen and oxygen atoms in total. The molecular formula is C37H27N2O4+. The van der Waals surface area contributed by atoms with Gasteiger partial charge in [-0.3, -0.25) is 4.79 Å². The number of phenolic OH excluding ortho intramolecular Hbond substituents is 1. The van der Waals surface area contributed by atoms with Crippen molar-refractivity contribution in [2.45, 2.75) is 0 Å². The van der Waals surface area contributed by atoms with Crippen LogP contribution < -0.4 is 5.32 Å². The molecule has 4 N–H and O–H groups in total. The van der Waals surface area contributed by atoms with Crippen LogP contribution in [0.25, 0.3) is 27.1 Å². The number of hydrogen-bond acceptors (Lipinski definition) is 5. The van der Waals surface area contributed by atoms with E-state index in [2.05, 4.69) is 5.32 Å². The Morgan fingerprint density at radius 2 is 1.37 bits per heavy atom. The molecule has 7 rings (SSSR count). The first-order chi connectivity index (χ1) is 20.9. The summed E-state index contributed by atoms with van der Waals surface area (Å²) < 4.78 is 1.96. The lowest BCUT2D eigenvalue weighted by atomic mass is 9.79. The molecule has 0 heterocycles. The number of rotatable bonds is 4. The average Bonchev–Trinajstić information content (AvgIpc) is 3.03. The summed E-state index contributed by atoms with van der Waals surface area (Å²) in [5.41, 5.74) is 3.70. The van der Waals surface area contributed by atoms with Crippen molar-refractivity contribution >= 4 is 55.7 Å². The smallest absolute Gasteiger partial charge is 0.213 e. The van der Waals surface area contributed by atoms with E-state index in [0.29, 0.717) is 5.69 Å². The number of phenols is 1. The van der Waals surface area contributed by atoms with Gasteiger partial charge in [0.2, 0.25) is 17.2 Å². The minimum atomic E-state index is -0.451. The van der Waals surface area contributed by atoms with Crippen LogP contribution >= 0.6 is 0 Å². The lowest BCUT2D eigenvalue weighted by molar-refractivity contribution is -0.401. The van der Waals surface area contributed by atoms with E-state index in [0.717, 1.165) is 38.6 Å². The minimum Gasteiger partial charge on any atom is -0.507 e. The maximum absolute atomic E-state index is 13.3. The number of nitrogens with one attached hydrogen (secondary N) is 1. The van der Waals surface area contributed by atoms with Crippen LogP contribution in [0.5, 0.6) is 5.75 Å². The zero-order valence-electron chi connectivity index (χ0n) is 23.2. The third-order valence-electron chi connectivity index (χ3n) is 8.03. The quantitative estimate of drug-likeness (QED) is 0.131. The van der Waals surface area contributed by atoms with Gasteiger partial charge < -0.3 is 20.6 Å². The van der Waals surface area contributed by atoms with Gasteiger partial charge >= 0.3 is 0 Å². The molecule has 0 fully saturated rings. The number of aliphatic hydroxyl groups excluding tert-OH is 2. The summed E-state index contributed by atoms with van der Waals surface area (Å²) in [5, 5.41) is 40.4. The second kappa shape index (κ2) is 10.2. The Kier molecular flexibility index (Phi) is 6.17. The maximum Gasteiger partial charge on any atom is 0.213 e. The molecule has 5 aromatic carbocycles. The van der Waals surface area contributed by atoms with Crippen LogP contribution in [0.1, 0.15) is 5.56 Å². The molecule has 0 bridgehead atoms. The molecular weight excluding hydrogens is 536 g/mol. The Bertz CT molecular complexity index is 2150. The summed E-state index contributed by atoms with van der Waals surface area (Å²) in [6.45, 7) is 0. The van der Waals surface area contributed by atoms with Gasteiger partial charge in [0.15, 0.2) is 0 Å². The first-order valence-electron chi connectivity index (χ1n) is 13.9. The van der Waals surface area contributed by atoms with Crippen LogP contribution in [0, 0.1) is 0 Å². The largest absolute Gasteiger partial charge is 0.507 e. The Hall–Kier alpha value is -5.88. The van der Waals surface area contributed by atoms with Crippen molar-refractivity contribution in [3.05, 3.63) is 150 Å². The van der Waals surface area contributed by atoms with Crippen molar-refractivity contribution in [3.63, 3.8) is 0 Å². The lowest BCUT2D eigenvalue weighted by Crippen LogP contribution is -2.24. The molecule has 6 heteroatoms. The van der Waals surface area contributed by atoms with Gasteiger partial charge in [0.05, 0.1) is 22.6 Å². The fourth-order valence-electron chi connectivity index (χ4n) is 5.79. The highest BCUT2D eigenvalue weighted by Gasteiger charge is 2.39. The van der Waals surface area contributed by atoms with E-state index < -0.39 is 5.78 Å². The lowest BCUT2D eigenvalue weighted by Gasteiger charge is -2.25. The molecule has 208 valence electrons. The van der Waals surface area contributed by atoms with Crippen molar-refractivity contribution in [1.82, 2.24) is 0 Å². The molecule has 0 unspecified atom stereocenters. The van der Waals surface area contributed by atoms with E-state index in [4.69, 9.17) is 0 Å². The number of carbonyl (C=O) groups is 1. The fraction of sp³-hybridized carbons (Fsp3) is 0.0270. The van der Waals surface area contributed by atoms with E-state index in [1.807, 2.05) is 96.6 Å². The topological polar surface area (TPSA) is 92.8 Å². The molecule has 0 atom stereocenters. The number of hydrogen-bond donors (Lipinski definition) is 4. The number of anilines is 2. The van der Waals surface area contributed by atoms with Gasteiger partial charge in [0.1, 0.15) is 24.3 Å². The number of benzene rings is 5.